The van der Waals surface area contributed by atoms with Crippen LogP contribution in [0.2, 0.25) is 0 Å². The molecule has 0 aliphatic heterocycles. The predicted octanol–water partition coefficient (Wildman–Crippen LogP) is 2.83. The first kappa shape index (κ1) is 15.6. The van der Waals surface area contributed by atoms with Crippen LogP contribution in [0.15, 0.2) is 39.6 Å². The summed E-state index contributed by atoms with van der Waals surface area (Å²) in [6, 6.07) is 8.63. The van der Waals surface area contributed by atoms with E-state index in [1.165, 1.54) is 11.6 Å². The van der Waals surface area contributed by atoms with Crippen molar-refractivity contribution in [1.82, 2.24) is 0 Å². The first-order chi connectivity index (χ1) is 9.96. The Kier molecular flexibility index (Phi) is 4.69. The van der Waals surface area contributed by atoms with E-state index in [4.69, 9.17) is 9.52 Å². The lowest BCUT2D eigenvalue weighted by atomic mass is 10.1. The fourth-order valence-corrected chi connectivity index (χ4v) is 3.37. The van der Waals surface area contributed by atoms with Gasteiger partial charge in [0.2, 0.25) is 0 Å². The van der Waals surface area contributed by atoms with Crippen molar-refractivity contribution in [3.8, 4) is 0 Å². The Balaban J connectivity index is 2.22. The number of benzene rings is 1. The summed E-state index contributed by atoms with van der Waals surface area (Å²) in [6.07, 6.45) is 2.01. The maximum absolute atomic E-state index is 12.3. The third kappa shape index (κ3) is 3.65. The van der Waals surface area contributed by atoms with Crippen molar-refractivity contribution in [1.29, 1.82) is 0 Å². The molecule has 2 aromatic rings. The van der Waals surface area contributed by atoms with Crippen molar-refractivity contribution in [3.63, 3.8) is 0 Å². The fourth-order valence-electron chi connectivity index (χ4n) is 2.11. The second-order valence-electron chi connectivity index (χ2n) is 4.84. The van der Waals surface area contributed by atoms with E-state index in [9.17, 15) is 8.42 Å². The average molecular weight is 309 g/mol. The third-order valence-electron chi connectivity index (χ3n) is 3.11. The fraction of sp³-hybridized carbons (Fsp3) is 0.333. The van der Waals surface area contributed by atoms with Gasteiger partial charge in [-0.05, 0) is 31.0 Å². The highest BCUT2D eigenvalue weighted by molar-refractivity contribution is 7.92. The molecule has 1 aromatic carbocycles. The van der Waals surface area contributed by atoms with Gasteiger partial charge < -0.3 is 9.52 Å². The Labute approximate surface area is 124 Å². The highest BCUT2D eigenvalue weighted by Crippen LogP contribution is 2.23. The minimum absolute atomic E-state index is 0.0455. The number of sulfonamides is 1. The van der Waals surface area contributed by atoms with E-state index >= 15 is 0 Å². The zero-order valence-electron chi connectivity index (χ0n) is 12.1. The first-order valence-corrected chi connectivity index (χ1v) is 8.26. The molecule has 1 aromatic heterocycles. The minimum atomic E-state index is -3.71. The van der Waals surface area contributed by atoms with Crippen molar-refractivity contribution in [2.24, 2.45) is 0 Å². The second-order valence-corrected chi connectivity index (χ2v) is 6.49. The van der Waals surface area contributed by atoms with Gasteiger partial charge in [-0.15, -0.1) is 0 Å². The number of nitrogens with one attached hydrogen (secondary N) is 1. The van der Waals surface area contributed by atoms with Gasteiger partial charge in [0, 0.05) is 11.8 Å². The summed E-state index contributed by atoms with van der Waals surface area (Å²) in [4.78, 5) is 0.0455. The Hall–Kier alpha value is -1.79. The normalized spacial score (nSPS) is 11.6. The summed E-state index contributed by atoms with van der Waals surface area (Å²) in [5, 5.41) is 9.00. The number of hydrogen-bond acceptors (Lipinski definition) is 4. The van der Waals surface area contributed by atoms with Gasteiger partial charge in [0.15, 0.2) is 0 Å². The van der Waals surface area contributed by atoms with Crippen LogP contribution in [0.1, 0.15) is 30.4 Å². The second kappa shape index (κ2) is 6.32. The van der Waals surface area contributed by atoms with E-state index in [1.54, 1.807) is 19.1 Å². The van der Waals surface area contributed by atoms with Crippen LogP contribution in [0.5, 0.6) is 0 Å². The topological polar surface area (TPSA) is 79.5 Å². The molecule has 0 aliphatic rings. The standard InChI is InChI=1S/C15H19NO4S/c1-3-4-12-5-7-13(8-6-12)16-21(18,19)15-9-14(10-17)20-11(15)2/h5-9,16-17H,3-4,10H2,1-2H3. The molecular weight excluding hydrogens is 290 g/mol. The predicted molar refractivity (Wildman–Crippen MR) is 80.6 cm³/mol. The van der Waals surface area contributed by atoms with Crippen LogP contribution in [0, 0.1) is 6.92 Å². The monoisotopic (exact) mass is 309 g/mol. The zero-order valence-corrected chi connectivity index (χ0v) is 12.9. The van der Waals surface area contributed by atoms with E-state index < -0.39 is 10.0 Å². The van der Waals surface area contributed by atoms with E-state index in [-0.39, 0.29) is 23.0 Å². The molecule has 0 saturated heterocycles. The summed E-state index contributed by atoms with van der Waals surface area (Å²) in [5.74, 6) is 0.486. The van der Waals surface area contributed by atoms with Gasteiger partial charge >= 0.3 is 0 Å². The molecule has 0 bridgehead atoms. The molecule has 0 fully saturated rings. The highest BCUT2D eigenvalue weighted by atomic mass is 32.2. The maximum Gasteiger partial charge on any atom is 0.265 e. The van der Waals surface area contributed by atoms with Crippen LogP contribution in [0.4, 0.5) is 5.69 Å². The van der Waals surface area contributed by atoms with Crippen LogP contribution in [0.3, 0.4) is 0 Å². The van der Waals surface area contributed by atoms with E-state index in [2.05, 4.69) is 11.6 Å². The third-order valence-corrected chi connectivity index (χ3v) is 4.60. The van der Waals surface area contributed by atoms with Crippen molar-refractivity contribution in [3.05, 3.63) is 47.4 Å². The van der Waals surface area contributed by atoms with Crippen molar-refractivity contribution >= 4 is 15.7 Å². The van der Waals surface area contributed by atoms with Gasteiger partial charge in [0.05, 0.1) is 0 Å². The lowest BCUT2D eigenvalue weighted by Crippen LogP contribution is -2.13. The SMILES string of the molecule is CCCc1ccc(NS(=O)(=O)c2cc(CO)oc2C)cc1. The van der Waals surface area contributed by atoms with E-state index in [0.29, 0.717) is 5.69 Å². The summed E-state index contributed by atoms with van der Waals surface area (Å²) in [6.45, 7) is 3.32. The molecule has 1 heterocycles. The minimum Gasteiger partial charge on any atom is -0.462 e. The lowest BCUT2D eigenvalue weighted by Gasteiger charge is -2.07. The van der Waals surface area contributed by atoms with Crippen LogP contribution >= 0.6 is 0 Å². The summed E-state index contributed by atoms with van der Waals surface area (Å²) < 4.78 is 32.3. The van der Waals surface area contributed by atoms with Crippen LogP contribution in [-0.2, 0) is 23.1 Å². The van der Waals surface area contributed by atoms with Gasteiger partial charge in [-0.3, -0.25) is 4.72 Å². The number of furan rings is 1. The maximum atomic E-state index is 12.3. The van der Waals surface area contributed by atoms with Crippen molar-refractivity contribution < 1.29 is 17.9 Å². The van der Waals surface area contributed by atoms with Gasteiger partial charge in [-0.25, -0.2) is 8.42 Å². The Bertz CT molecular complexity index is 702. The molecule has 0 saturated carbocycles. The molecular formula is C15H19NO4S. The summed E-state index contributed by atoms with van der Waals surface area (Å²) in [7, 11) is -3.71. The molecule has 5 nitrogen and oxygen atoms in total. The van der Waals surface area contributed by atoms with Gasteiger partial charge in [0.1, 0.15) is 23.0 Å². The zero-order chi connectivity index (χ0) is 15.5. The lowest BCUT2D eigenvalue weighted by molar-refractivity contribution is 0.245. The van der Waals surface area contributed by atoms with E-state index in [1.807, 2.05) is 12.1 Å². The van der Waals surface area contributed by atoms with Gasteiger partial charge in [-0.2, -0.15) is 0 Å². The molecule has 114 valence electrons. The highest BCUT2D eigenvalue weighted by Gasteiger charge is 2.21. The van der Waals surface area contributed by atoms with E-state index in [0.717, 1.165) is 12.8 Å². The molecule has 0 amide bonds. The molecule has 0 radical (unpaired) electrons. The number of aryl methyl sites for hydroxylation is 2. The van der Waals surface area contributed by atoms with Gasteiger partial charge in [-0.1, -0.05) is 25.5 Å². The smallest absolute Gasteiger partial charge is 0.265 e. The quantitative estimate of drug-likeness (QED) is 0.860. The average Bonchev–Trinajstić information content (AvgIpc) is 2.83. The number of rotatable bonds is 6. The molecule has 21 heavy (non-hydrogen) atoms. The van der Waals surface area contributed by atoms with Crippen molar-refractivity contribution in [2.45, 2.75) is 38.2 Å². The van der Waals surface area contributed by atoms with Crippen LogP contribution in [-0.4, -0.2) is 13.5 Å². The summed E-state index contributed by atoms with van der Waals surface area (Å²) in [5.41, 5.74) is 1.67. The largest absolute Gasteiger partial charge is 0.462 e. The summed E-state index contributed by atoms with van der Waals surface area (Å²) >= 11 is 0. The van der Waals surface area contributed by atoms with Crippen LogP contribution < -0.4 is 4.72 Å². The number of hydrogen-bond donors (Lipinski definition) is 2. The first-order valence-electron chi connectivity index (χ1n) is 6.78. The van der Waals surface area contributed by atoms with Gasteiger partial charge in [0.25, 0.3) is 10.0 Å². The van der Waals surface area contributed by atoms with Crippen molar-refractivity contribution in [2.75, 3.05) is 4.72 Å². The molecule has 2 N–H and O–H groups in total. The molecule has 6 heteroatoms. The Morgan fingerprint density at radius 1 is 1.24 bits per heavy atom. The molecule has 2 rings (SSSR count). The number of aliphatic hydroxyl groups excluding tert-OH is 1. The Morgan fingerprint density at radius 3 is 2.43 bits per heavy atom. The Morgan fingerprint density at radius 2 is 1.90 bits per heavy atom. The molecule has 0 atom stereocenters. The molecule has 0 aliphatic carbocycles. The van der Waals surface area contributed by atoms with Crippen LogP contribution in [0.25, 0.3) is 0 Å². The number of aliphatic hydroxyl groups is 1. The number of anilines is 1. The molecule has 0 spiro atoms. The molecule has 0 unspecified atom stereocenters.